The van der Waals surface area contributed by atoms with Crippen molar-refractivity contribution in [2.45, 2.75) is 0 Å². The summed E-state index contributed by atoms with van der Waals surface area (Å²) in [5, 5.41) is 5.09. The molecule has 4 N–H and O–H groups in total. The topological polar surface area (TPSA) is 93.5 Å². The Morgan fingerprint density at radius 2 is 2.15 bits per heavy atom. The number of carbonyl (C=O) groups excluding carboxylic acids is 2. The molecule has 0 aliphatic heterocycles. The fourth-order valence-corrected chi connectivity index (χ4v) is 1.42. The van der Waals surface area contributed by atoms with Crippen LogP contribution in [0.25, 0.3) is 6.08 Å². The van der Waals surface area contributed by atoms with Gasteiger partial charge in [-0.3, -0.25) is 9.59 Å². The zero-order valence-corrected chi connectivity index (χ0v) is 11.4. The summed E-state index contributed by atoms with van der Waals surface area (Å²) in [5.74, 6) is -0.595. The summed E-state index contributed by atoms with van der Waals surface area (Å²) in [5.41, 5.74) is 7.08. The highest BCUT2D eigenvalue weighted by Gasteiger charge is 2.02. The van der Waals surface area contributed by atoms with Gasteiger partial charge in [0.1, 0.15) is 0 Å². The van der Waals surface area contributed by atoms with Crippen molar-refractivity contribution in [1.82, 2.24) is 10.6 Å². The molecule has 0 aliphatic carbocycles. The van der Waals surface area contributed by atoms with Crippen molar-refractivity contribution in [2.75, 3.05) is 32.5 Å². The summed E-state index contributed by atoms with van der Waals surface area (Å²) >= 11 is 0. The van der Waals surface area contributed by atoms with Crippen molar-refractivity contribution in [1.29, 1.82) is 0 Å². The van der Waals surface area contributed by atoms with Gasteiger partial charge in [-0.15, -0.1) is 0 Å². The Morgan fingerprint density at radius 3 is 2.85 bits per heavy atom. The van der Waals surface area contributed by atoms with Gasteiger partial charge in [0.15, 0.2) is 0 Å². The first-order valence-electron chi connectivity index (χ1n) is 6.19. The Labute approximate surface area is 118 Å². The molecule has 0 saturated carbocycles. The van der Waals surface area contributed by atoms with Crippen molar-refractivity contribution in [3.8, 4) is 0 Å². The van der Waals surface area contributed by atoms with Gasteiger partial charge < -0.3 is 21.1 Å². The number of nitrogens with one attached hydrogen (secondary N) is 2. The number of benzene rings is 1. The van der Waals surface area contributed by atoms with Gasteiger partial charge in [0.25, 0.3) is 0 Å². The fourth-order valence-electron chi connectivity index (χ4n) is 1.42. The van der Waals surface area contributed by atoms with Crippen LogP contribution in [-0.2, 0) is 14.3 Å². The van der Waals surface area contributed by atoms with Crippen LogP contribution < -0.4 is 16.4 Å². The van der Waals surface area contributed by atoms with Crippen LogP contribution >= 0.6 is 0 Å². The number of methoxy groups -OCH3 is 1. The molecule has 1 rings (SSSR count). The number of carbonyl (C=O) groups is 2. The van der Waals surface area contributed by atoms with Crippen LogP contribution in [0.4, 0.5) is 5.69 Å². The molecule has 6 nitrogen and oxygen atoms in total. The molecule has 6 heteroatoms. The molecule has 0 atom stereocenters. The highest BCUT2D eigenvalue weighted by atomic mass is 16.5. The molecule has 0 aromatic heterocycles. The second-order valence-corrected chi connectivity index (χ2v) is 4.06. The lowest BCUT2D eigenvalue weighted by atomic mass is 10.2. The van der Waals surface area contributed by atoms with Gasteiger partial charge in [-0.1, -0.05) is 12.1 Å². The van der Waals surface area contributed by atoms with Gasteiger partial charge in [-0.25, -0.2) is 0 Å². The number of rotatable bonds is 7. The smallest absolute Gasteiger partial charge is 0.244 e. The van der Waals surface area contributed by atoms with Crippen molar-refractivity contribution in [3.63, 3.8) is 0 Å². The maximum atomic E-state index is 11.5. The summed E-state index contributed by atoms with van der Waals surface area (Å²) in [6, 6.07) is 7.15. The Bertz CT molecular complexity index is 486. The largest absolute Gasteiger partial charge is 0.399 e. The Hall–Kier alpha value is -2.34. The maximum Gasteiger partial charge on any atom is 0.244 e. The van der Waals surface area contributed by atoms with E-state index in [2.05, 4.69) is 10.6 Å². The zero-order chi connectivity index (χ0) is 14.8. The number of nitrogen functional groups attached to an aromatic ring is 1. The summed E-state index contributed by atoms with van der Waals surface area (Å²) in [6.45, 7) is 0.795. The molecule has 0 saturated heterocycles. The second-order valence-electron chi connectivity index (χ2n) is 4.06. The van der Waals surface area contributed by atoms with E-state index in [1.54, 1.807) is 31.4 Å². The molecule has 0 aliphatic rings. The molecule has 1 aromatic carbocycles. The molecular formula is C14H19N3O3. The molecule has 0 heterocycles. The van der Waals surface area contributed by atoms with Crippen molar-refractivity contribution < 1.29 is 14.3 Å². The number of nitrogens with two attached hydrogens (primary N) is 1. The molecule has 1 aromatic rings. The minimum atomic E-state index is -0.339. The quantitative estimate of drug-likeness (QED) is 0.376. The van der Waals surface area contributed by atoms with Gasteiger partial charge in [0, 0.05) is 25.4 Å². The van der Waals surface area contributed by atoms with Crippen LogP contribution in [0.5, 0.6) is 0 Å². The average Bonchev–Trinajstić information content (AvgIpc) is 2.43. The molecule has 0 bridgehead atoms. The molecule has 2 amide bonds. The van der Waals surface area contributed by atoms with Crippen LogP contribution in [0.15, 0.2) is 30.3 Å². The van der Waals surface area contributed by atoms with E-state index in [4.69, 9.17) is 10.5 Å². The first-order chi connectivity index (χ1) is 9.61. The third-order valence-electron chi connectivity index (χ3n) is 2.39. The maximum absolute atomic E-state index is 11.5. The van der Waals surface area contributed by atoms with Gasteiger partial charge in [-0.05, 0) is 23.8 Å². The lowest BCUT2D eigenvalue weighted by molar-refractivity contribution is -0.124. The van der Waals surface area contributed by atoms with Gasteiger partial charge in [0.2, 0.25) is 11.8 Å². The lowest BCUT2D eigenvalue weighted by Crippen LogP contribution is -2.37. The molecule has 0 spiro atoms. The van der Waals surface area contributed by atoms with Crippen LogP contribution in [0.3, 0.4) is 0 Å². The highest BCUT2D eigenvalue weighted by Crippen LogP contribution is 2.07. The Kier molecular flexibility index (Phi) is 6.84. The van der Waals surface area contributed by atoms with Crippen LogP contribution in [0, 0.1) is 0 Å². The van der Waals surface area contributed by atoms with E-state index in [1.165, 1.54) is 6.08 Å². The molecule has 108 valence electrons. The van der Waals surface area contributed by atoms with E-state index in [-0.39, 0.29) is 18.4 Å². The molecule has 0 fully saturated rings. The van der Waals surface area contributed by atoms with Crippen LogP contribution in [0.2, 0.25) is 0 Å². The number of amides is 2. The summed E-state index contributed by atoms with van der Waals surface area (Å²) < 4.78 is 4.79. The van der Waals surface area contributed by atoms with E-state index in [0.29, 0.717) is 18.8 Å². The first-order valence-corrected chi connectivity index (χ1v) is 6.19. The van der Waals surface area contributed by atoms with Gasteiger partial charge >= 0.3 is 0 Å². The summed E-state index contributed by atoms with van der Waals surface area (Å²) in [6.07, 6.45) is 2.99. The van der Waals surface area contributed by atoms with Crippen LogP contribution in [0.1, 0.15) is 5.56 Å². The van der Waals surface area contributed by atoms with E-state index in [9.17, 15) is 9.59 Å². The van der Waals surface area contributed by atoms with Crippen molar-refractivity contribution >= 4 is 23.6 Å². The minimum absolute atomic E-state index is 0.0657. The third kappa shape index (κ3) is 6.55. The normalized spacial score (nSPS) is 10.4. The molecular weight excluding hydrogens is 258 g/mol. The van der Waals surface area contributed by atoms with E-state index < -0.39 is 0 Å². The lowest BCUT2D eigenvalue weighted by Gasteiger charge is -2.04. The summed E-state index contributed by atoms with van der Waals surface area (Å²) in [4.78, 5) is 22.8. The van der Waals surface area contributed by atoms with Crippen molar-refractivity contribution in [2.24, 2.45) is 0 Å². The predicted octanol–water partition coefficient (Wildman–Crippen LogP) is 0.161. The number of ether oxygens (including phenoxy) is 1. The van der Waals surface area contributed by atoms with Gasteiger partial charge in [-0.2, -0.15) is 0 Å². The van der Waals surface area contributed by atoms with E-state index in [1.807, 2.05) is 6.07 Å². The van der Waals surface area contributed by atoms with E-state index in [0.717, 1.165) is 5.56 Å². The highest BCUT2D eigenvalue weighted by molar-refractivity contribution is 5.94. The van der Waals surface area contributed by atoms with Crippen LogP contribution in [-0.4, -0.2) is 38.6 Å². The summed E-state index contributed by atoms with van der Waals surface area (Å²) in [7, 11) is 1.55. The second kappa shape index (κ2) is 8.71. The third-order valence-corrected chi connectivity index (χ3v) is 2.39. The van der Waals surface area contributed by atoms with Gasteiger partial charge in [0.05, 0.1) is 13.2 Å². The predicted molar refractivity (Wildman–Crippen MR) is 77.8 cm³/mol. The first kappa shape index (κ1) is 15.7. The monoisotopic (exact) mass is 277 g/mol. The minimum Gasteiger partial charge on any atom is -0.399 e. The van der Waals surface area contributed by atoms with E-state index >= 15 is 0 Å². The molecule has 0 unspecified atom stereocenters. The SMILES string of the molecule is COCCNC(=O)CNC(=O)/C=C/c1cccc(N)c1. The Morgan fingerprint density at radius 1 is 1.35 bits per heavy atom. The molecule has 0 radical (unpaired) electrons. The fraction of sp³-hybridized carbons (Fsp3) is 0.286. The number of hydrogen-bond acceptors (Lipinski definition) is 4. The Balaban J connectivity index is 2.31. The number of anilines is 1. The molecule has 20 heavy (non-hydrogen) atoms. The number of hydrogen-bond donors (Lipinski definition) is 3. The standard InChI is InChI=1S/C14H19N3O3/c1-20-8-7-16-14(19)10-17-13(18)6-5-11-3-2-4-12(15)9-11/h2-6,9H,7-8,10,15H2,1H3,(H,16,19)(H,17,18)/b6-5+. The van der Waals surface area contributed by atoms with Crippen molar-refractivity contribution in [3.05, 3.63) is 35.9 Å². The average molecular weight is 277 g/mol. The zero-order valence-electron chi connectivity index (χ0n) is 11.4.